The second kappa shape index (κ2) is 6.67. The molecule has 0 bridgehead atoms. The van der Waals surface area contributed by atoms with Gasteiger partial charge in [0, 0.05) is 11.6 Å². The van der Waals surface area contributed by atoms with Crippen LogP contribution in [0.5, 0.6) is 0 Å². The monoisotopic (exact) mass is 310 g/mol. The Morgan fingerprint density at radius 2 is 2.14 bits per heavy atom. The molecule has 2 rings (SSSR count). The number of carbonyl (C=O) groups is 1. The van der Waals surface area contributed by atoms with Gasteiger partial charge in [-0.25, -0.2) is 4.79 Å². The number of carbonyl (C=O) groups excluding carboxylic acids is 1. The lowest BCUT2D eigenvalue weighted by Crippen LogP contribution is -2.45. The summed E-state index contributed by atoms with van der Waals surface area (Å²) in [5.74, 6) is 0. The van der Waals surface area contributed by atoms with Crippen LogP contribution in [-0.4, -0.2) is 36.2 Å². The molecule has 0 radical (unpaired) electrons. The van der Waals surface area contributed by atoms with Gasteiger partial charge in [0.15, 0.2) is 0 Å². The van der Waals surface area contributed by atoms with Crippen molar-refractivity contribution in [2.45, 2.75) is 38.8 Å². The first kappa shape index (κ1) is 16.1. The first-order chi connectivity index (χ1) is 9.83. The van der Waals surface area contributed by atoms with Crippen LogP contribution in [0.15, 0.2) is 24.3 Å². The Labute approximate surface area is 131 Å². The molecule has 1 aliphatic heterocycles. The minimum absolute atomic E-state index is 0.112. The molecule has 0 aliphatic carbocycles. The van der Waals surface area contributed by atoms with Crippen molar-refractivity contribution in [3.05, 3.63) is 34.9 Å². The fourth-order valence-corrected chi connectivity index (χ4v) is 2.43. The average molecular weight is 311 g/mol. The molecule has 1 aromatic rings. The van der Waals surface area contributed by atoms with Gasteiger partial charge < -0.3 is 15.0 Å². The van der Waals surface area contributed by atoms with Crippen LogP contribution < -0.4 is 5.32 Å². The highest BCUT2D eigenvalue weighted by molar-refractivity contribution is 6.30. The molecule has 0 unspecified atom stereocenters. The third-order valence-electron chi connectivity index (χ3n) is 3.33. The van der Waals surface area contributed by atoms with E-state index in [0.717, 1.165) is 25.2 Å². The first-order valence-corrected chi connectivity index (χ1v) is 7.68. The molecule has 1 fully saturated rings. The van der Waals surface area contributed by atoms with E-state index >= 15 is 0 Å². The van der Waals surface area contributed by atoms with Crippen LogP contribution in [0.2, 0.25) is 5.02 Å². The number of nitrogens with zero attached hydrogens (tertiary/aromatic N) is 1. The molecule has 0 saturated carbocycles. The molecule has 0 spiro atoms. The highest BCUT2D eigenvalue weighted by Crippen LogP contribution is 2.21. The van der Waals surface area contributed by atoms with E-state index in [1.165, 1.54) is 6.42 Å². The van der Waals surface area contributed by atoms with Crippen molar-refractivity contribution in [1.82, 2.24) is 10.2 Å². The van der Waals surface area contributed by atoms with Gasteiger partial charge in [0.25, 0.3) is 0 Å². The number of amides is 1. The number of hydrogen-bond acceptors (Lipinski definition) is 3. The van der Waals surface area contributed by atoms with Crippen molar-refractivity contribution in [3.8, 4) is 0 Å². The topological polar surface area (TPSA) is 41.6 Å². The predicted molar refractivity (Wildman–Crippen MR) is 84.6 cm³/mol. The van der Waals surface area contributed by atoms with Gasteiger partial charge in [-0.3, -0.25) is 0 Å². The van der Waals surface area contributed by atoms with Crippen LogP contribution >= 0.6 is 11.6 Å². The molecule has 1 saturated heterocycles. The summed E-state index contributed by atoms with van der Waals surface area (Å²) in [6.07, 6.45) is 0.822. The predicted octanol–water partition coefficient (Wildman–Crippen LogP) is 3.61. The van der Waals surface area contributed by atoms with E-state index in [-0.39, 0.29) is 6.04 Å². The molecule has 4 nitrogen and oxygen atoms in total. The maximum atomic E-state index is 12.0. The molecule has 1 N–H and O–H groups in total. The third-order valence-corrected chi connectivity index (χ3v) is 3.57. The minimum atomic E-state index is -0.500. The Bertz CT molecular complexity index is 495. The quantitative estimate of drug-likeness (QED) is 0.923. The number of alkyl carbamates (subject to hydrolysis) is 1. The molecule has 5 heteroatoms. The Morgan fingerprint density at radius 1 is 1.43 bits per heavy atom. The van der Waals surface area contributed by atoms with Crippen molar-refractivity contribution in [2.75, 3.05) is 19.6 Å². The summed E-state index contributed by atoms with van der Waals surface area (Å²) < 4.78 is 5.35. The molecule has 1 aromatic carbocycles. The lowest BCUT2D eigenvalue weighted by atomic mass is 10.0. The van der Waals surface area contributed by atoms with Crippen LogP contribution in [-0.2, 0) is 4.74 Å². The maximum Gasteiger partial charge on any atom is 0.408 e. The number of ether oxygens (including phenoxy) is 1. The van der Waals surface area contributed by atoms with E-state index in [9.17, 15) is 4.79 Å². The fourth-order valence-electron chi connectivity index (χ4n) is 2.23. The first-order valence-electron chi connectivity index (χ1n) is 7.31. The van der Waals surface area contributed by atoms with E-state index < -0.39 is 11.7 Å². The van der Waals surface area contributed by atoms with Crippen LogP contribution in [0.4, 0.5) is 4.79 Å². The minimum Gasteiger partial charge on any atom is -0.444 e. The zero-order chi connectivity index (χ0) is 15.5. The van der Waals surface area contributed by atoms with Crippen LogP contribution in [0.25, 0.3) is 0 Å². The van der Waals surface area contributed by atoms with E-state index in [2.05, 4.69) is 10.2 Å². The normalized spacial score (nSPS) is 17.0. The maximum absolute atomic E-state index is 12.0. The SMILES string of the molecule is CC(C)(C)OC(=O)N[C@H](CN1CCC1)c1cccc(Cl)c1. The number of benzene rings is 1. The molecular weight excluding hydrogens is 288 g/mol. The summed E-state index contributed by atoms with van der Waals surface area (Å²) in [5, 5.41) is 3.63. The Morgan fingerprint density at radius 3 is 2.67 bits per heavy atom. The zero-order valence-corrected chi connectivity index (χ0v) is 13.6. The van der Waals surface area contributed by atoms with Crippen molar-refractivity contribution in [2.24, 2.45) is 0 Å². The number of halogens is 1. The average Bonchev–Trinajstić information content (AvgIpc) is 2.29. The smallest absolute Gasteiger partial charge is 0.408 e. The van der Waals surface area contributed by atoms with Gasteiger partial charge in [0.2, 0.25) is 0 Å². The van der Waals surface area contributed by atoms with Gasteiger partial charge in [-0.2, -0.15) is 0 Å². The van der Waals surface area contributed by atoms with Crippen molar-refractivity contribution < 1.29 is 9.53 Å². The summed E-state index contributed by atoms with van der Waals surface area (Å²) in [6.45, 7) is 8.50. The molecule has 1 amide bonds. The van der Waals surface area contributed by atoms with Gasteiger partial charge >= 0.3 is 6.09 Å². The van der Waals surface area contributed by atoms with Gasteiger partial charge in [-0.05, 0) is 58.0 Å². The van der Waals surface area contributed by atoms with Gasteiger partial charge in [-0.1, -0.05) is 23.7 Å². The fraction of sp³-hybridized carbons (Fsp3) is 0.562. The lowest BCUT2D eigenvalue weighted by molar-refractivity contribution is 0.0479. The third kappa shape index (κ3) is 5.21. The lowest BCUT2D eigenvalue weighted by Gasteiger charge is -2.34. The van der Waals surface area contributed by atoms with E-state index in [1.54, 1.807) is 0 Å². The summed E-state index contributed by atoms with van der Waals surface area (Å²) in [4.78, 5) is 14.3. The van der Waals surface area contributed by atoms with E-state index in [4.69, 9.17) is 16.3 Å². The summed E-state index contributed by atoms with van der Waals surface area (Å²) in [5.41, 5.74) is 0.500. The molecule has 116 valence electrons. The Hall–Kier alpha value is -1.26. The second-order valence-corrected chi connectivity index (χ2v) is 6.84. The van der Waals surface area contributed by atoms with Gasteiger partial charge in [0.1, 0.15) is 5.60 Å². The van der Waals surface area contributed by atoms with E-state index in [1.807, 2.05) is 45.0 Å². The Kier molecular flexibility index (Phi) is 5.12. The van der Waals surface area contributed by atoms with Gasteiger partial charge in [-0.15, -0.1) is 0 Å². The second-order valence-electron chi connectivity index (χ2n) is 6.41. The number of hydrogen-bond donors (Lipinski definition) is 1. The number of rotatable bonds is 4. The summed E-state index contributed by atoms with van der Waals surface area (Å²) >= 11 is 6.06. The summed E-state index contributed by atoms with van der Waals surface area (Å²) in [7, 11) is 0. The van der Waals surface area contributed by atoms with Crippen LogP contribution in [0.1, 0.15) is 38.8 Å². The summed E-state index contributed by atoms with van der Waals surface area (Å²) in [6, 6.07) is 7.49. The highest BCUT2D eigenvalue weighted by Gasteiger charge is 2.24. The van der Waals surface area contributed by atoms with Crippen molar-refractivity contribution in [1.29, 1.82) is 0 Å². The highest BCUT2D eigenvalue weighted by atomic mass is 35.5. The Balaban J connectivity index is 2.06. The molecule has 0 aromatic heterocycles. The largest absolute Gasteiger partial charge is 0.444 e. The standard InChI is InChI=1S/C16H23ClN2O2/c1-16(2,3)21-15(20)18-14(11-19-8-5-9-19)12-6-4-7-13(17)10-12/h4,6-7,10,14H,5,8-9,11H2,1-3H3,(H,18,20)/t14-/m1/s1. The van der Waals surface area contributed by atoms with Crippen molar-refractivity contribution in [3.63, 3.8) is 0 Å². The zero-order valence-electron chi connectivity index (χ0n) is 12.9. The van der Waals surface area contributed by atoms with Gasteiger partial charge in [0.05, 0.1) is 6.04 Å². The van der Waals surface area contributed by atoms with E-state index in [0.29, 0.717) is 5.02 Å². The number of nitrogens with one attached hydrogen (secondary N) is 1. The van der Waals surface area contributed by atoms with Crippen LogP contribution in [0, 0.1) is 0 Å². The number of likely N-dealkylation sites (tertiary alicyclic amines) is 1. The van der Waals surface area contributed by atoms with Crippen LogP contribution in [0.3, 0.4) is 0 Å². The molecule has 1 aliphatic rings. The molecule has 1 heterocycles. The molecule has 1 atom stereocenters. The molecular formula is C16H23ClN2O2. The molecule has 21 heavy (non-hydrogen) atoms. The van der Waals surface area contributed by atoms with Crippen molar-refractivity contribution >= 4 is 17.7 Å².